The van der Waals surface area contributed by atoms with E-state index in [0.717, 1.165) is 83.5 Å². The monoisotopic (exact) mass is 1090 g/mol. The first-order chi connectivity index (χ1) is 38.5. The molecule has 0 radical (unpaired) electrons. The lowest BCUT2D eigenvalue weighted by atomic mass is 10.0. The number of esters is 3. The smallest absolute Gasteiger partial charge is 0.306 e. The maximum atomic E-state index is 12.9. The predicted molar refractivity (Wildman–Crippen MR) is 339 cm³/mol. The fourth-order valence-electron chi connectivity index (χ4n) is 10.3. The van der Waals surface area contributed by atoms with E-state index < -0.39 is 6.10 Å². The lowest BCUT2D eigenvalue weighted by Gasteiger charge is -2.18. The molecule has 0 aromatic carbocycles. The predicted octanol–water partition coefficient (Wildman–Crippen LogP) is 23.7. The Bertz CT molecular complexity index is 1350. The van der Waals surface area contributed by atoms with Gasteiger partial charge in [-0.1, -0.05) is 326 Å². The van der Waals surface area contributed by atoms with E-state index in [2.05, 4.69) is 69.4 Å². The molecule has 0 amide bonds. The first-order valence-electron chi connectivity index (χ1n) is 34.6. The molecule has 0 N–H and O–H groups in total. The summed E-state index contributed by atoms with van der Waals surface area (Å²) >= 11 is 0. The Morgan fingerprint density at radius 1 is 0.256 bits per heavy atom. The number of rotatable bonds is 64. The van der Waals surface area contributed by atoms with Crippen molar-refractivity contribution in [3.63, 3.8) is 0 Å². The van der Waals surface area contributed by atoms with E-state index in [9.17, 15) is 14.4 Å². The Kier molecular flexibility index (Phi) is 64.6. The van der Waals surface area contributed by atoms with Crippen molar-refractivity contribution in [2.24, 2.45) is 0 Å². The third-order valence-electron chi connectivity index (χ3n) is 15.6. The van der Waals surface area contributed by atoms with Crippen LogP contribution in [0, 0.1) is 0 Å². The van der Waals surface area contributed by atoms with Gasteiger partial charge in [0, 0.05) is 19.3 Å². The summed E-state index contributed by atoms with van der Waals surface area (Å²) in [7, 11) is 0. The Morgan fingerprint density at radius 2 is 0.474 bits per heavy atom. The van der Waals surface area contributed by atoms with E-state index in [-0.39, 0.29) is 31.1 Å². The summed E-state index contributed by atoms with van der Waals surface area (Å²) in [5.74, 6) is -0.862. The van der Waals surface area contributed by atoms with Crippen LogP contribution < -0.4 is 0 Å². The number of ether oxygens (including phenoxy) is 3. The second-order valence-electron chi connectivity index (χ2n) is 23.4. The number of hydrogen-bond donors (Lipinski definition) is 0. The van der Waals surface area contributed by atoms with Gasteiger partial charge < -0.3 is 14.2 Å². The molecule has 0 aliphatic carbocycles. The molecule has 0 saturated heterocycles. The zero-order valence-electron chi connectivity index (χ0n) is 52.5. The number of hydrogen-bond acceptors (Lipinski definition) is 6. The topological polar surface area (TPSA) is 78.9 Å². The minimum Gasteiger partial charge on any atom is -0.462 e. The molecule has 6 nitrogen and oxygen atoms in total. The number of carbonyl (C=O) groups excluding carboxylic acids is 3. The molecule has 0 saturated carbocycles. The third kappa shape index (κ3) is 64.2. The highest BCUT2D eigenvalue weighted by atomic mass is 16.6. The summed E-state index contributed by atoms with van der Waals surface area (Å²) in [6.07, 6.45) is 84.2. The van der Waals surface area contributed by atoms with Gasteiger partial charge in [-0.15, -0.1) is 0 Å². The van der Waals surface area contributed by atoms with Gasteiger partial charge in [-0.2, -0.15) is 0 Å². The summed E-state index contributed by atoms with van der Waals surface area (Å²) in [5.41, 5.74) is 0. The Labute approximate surface area is 486 Å². The van der Waals surface area contributed by atoms with Gasteiger partial charge in [0.2, 0.25) is 0 Å². The minimum absolute atomic E-state index is 0.0731. The zero-order valence-corrected chi connectivity index (χ0v) is 52.5. The molecule has 0 fully saturated rings. The molecular weight excluding hydrogens is 961 g/mol. The average Bonchev–Trinajstić information content (AvgIpc) is 3.44. The van der Waals surface area contributed by atoms with Crippen LogP contribution in [0.4, 0.5) is 0 Å². The van der Waals surface area contributed by atoms with Crippen molar-refractivity contribution in [2.45, 2.75) is 380 Å². The Balaban J connectivity index is 4.24. The van der Waals surface area contributed by atoms with Gasteiger partial charge in [0.15, 0.2) is 6.10 Å². The molecule has 0 aromatic heterocycles. The molecule has 0 aliphatic rings. The van der Waals surface area contributed by atoms with E-state index in [1.165, 1.54) is 250 Å². The average molecular weight is 1090 g/mol. The Morgan fingerprint density at radius 3 is 0.744 bits per heavy atom. The molecule has 0 aliphatic heterocycles. The van der Waals surface area contributed by atoms with Crippen LogP contribution in [0.2, 0.25) is 0 Å². The molecule has 0 bridgehead atoms. The van der Waals surface area contributed by atoms with Crippen LogP contribution in [-0.2, 0) is 28.6 Å². The first kappa shape index (κ1) is 75.4. The molecular formula is C72H132O6. The normalized spacial score (nSPS) is 12.3. The highest BCUT2D eigenvalue weighted by Gasteiger charge is 2.19. The maximum absolute atomic E-state index is 12.9. The molecule has 6 heteroatoms. The lowest BCUT2D eigenvalue weighted by Crippen LogP contribution is -2.30. The van der Waals surface area contributed by atoms with Gasteiger partial charge in [-0.05, 0) is 77.0 Å². The second kappa shape index (κ2) is 66.9. The van der Waals surface area contributed by atoms with Crippen molar-refractivity contribution < 1.29 is 28.6 Å². The van der Waals surface area contributed by atoms with Crippen LogP contribution in [-0.4, -0.2) is 37.2 Å². The summed E-state index contributed by atoms with van der Waals surface area (Å²) in [6.45, 7) is 6.64. The van der Waals surface area contributed by atoms with E-state index in [1.54, 1.807) is 0 Å². The van der Waals surface area contributed by atoms with Gasteiger partial charge in [0.1, 0.15) is 13.2 Å². The minimum atomic E-state index is -0.777. The highest BCUT2D eigenvalue weighted by molar-refractivity contribution is 5.71. The van der Waals surface area contributed by atoms with Crippen molar-refractivity contribution in [1.29, 1.82) is 0 Å². The van der Waals surface area contributed by atoms with Crippen molar-refractivity contribution in [3.8, 4) is 0 Å². The molecule has 1 unspecified atom stereocenters. The quantitative estimate of drug-likeness (QED) is 0.0261. The number of unbranched alkanes of at least 4 members (excludes halogenated alkanes) is 45. The summed E-state index contributed by atoms with van der Waals surface area (Å²) in [6, 6.07) is 0. The second-order valence-corrected chi connectivity index (χ2v) is 23.4. The van der Waals surface area contributed by atoms with Gasteiger partial charge in [-0.25, -0.2) is 0 Å². The standard InChI is InChI=1S/C72H132O6/c1-4-7-10-13-16-19-22-25-28-30-32-33-34-35-36-37-38-39-41-42-44-47-50-53-56-59-62-65-71(74)77-68-69(67-76-70(73)64-61-58-55-52-49-46-27-24-21-18-15-12-9-6-3)78-72(75)66-63-60-57-54-51-48-45-43-40-31-29-26-23-20-17-14-11-8-5-2/h15,18,22,24-25,27,30,32,69H,4-14,16-17,19-21,23,26,28-29,31,33-68H2,1-3H3/b18-15-,25-22-,27-24-,32-30-. The first-order valence-corrected chi connectivity index (χ1v) is 34.6. The van der Waals surface area contributed by atoms with Gasteiger partial charge >= 0.3 is 17.9 Å². The van der Waals surface area contributed by atoms with Crippen molar-refractivity contribution in [3.05, 3.63) is 48.6 Å². The van der Waals surface area contributed by atoms with Gasteiger partial charge in [-0.3, -0.25) is 14.4 Å². The van der Waals surface area contributed by atoms with Gasteiger partial charge in [0.05, 0.1) is 0 Å². The summed E-state index contributed by atoms with van der Waals surface area (Å²) in [4.78, 5) is 38.4. The summed E-state index contributed by atoms with van der Waals surface area (Å²) in [5, 5.41) is 0. The van der Waals surface area contributed by atoms with E-state index in [4.69, 9.17) is 14.2 Å². The van der Waals surface area contributed by atoms with E-state index in [0.29, 0.717) is 19.3 Å². The zero-order chi connectivity index (χ0) is 56.4. The van der Waals surface area contributed by atoms with Crippen molar-refractivity contribution in [1.82, 2.24) is 0 Å². The molecule has 0 heterocycles. The Hall–Kier alpha value is -2.63. The molecule has 0 aromatic rings. The lowest BCUT2D eigenvalue weighted by molar-refractivity contribution is -0.167. The van der Waals surface area contributed by atoms with Crippen molar-refractivity contribution in [2.75, 3.05) is 13.2 Å². The van der Waals surface area contributed by atoms with Crippen LogP contribution in [0.1, 0.15) is 374 Å². The van der Waals surface area contributed by atoms with Crippen LogP contribution in [0.5, 0.6) is 0 Å². The van der Waals surface area contributed by atoms with E-state index >= 15 is 0 Å². The van der Waals surface area contributed by atoms with E-state index in [1.807, 2.05) is 0 Å². The fraction of sp³-hybridized carbons (Fsp3) is 0.847. The number of allylic oxidation sites excluding steroid dienone is 8. The maximum Gasteiger partial charge on any atom is 0.306 e. The molecule has 0 spiro atoms. The van der Waals surface area contributed by atoms with Crippen LogP contribution >= 0.6 is 0 Å². The SMILES string of the molecule is CCCC/C=C\C/C=C\CCCCCCCC(=O)OCC(COC(=O)CCCCCCCCCCCCCCCCC/C=C\C/C=C\CCCCCCC)OC(=O)CCCCCCCCCCCCCCCCCCCCC. The third-order valence-corrected chi connectivity index (χ3v) is 15.6. The van der Waals surface area contributed by atoms with Crippen molar-refractivity contribution >= 4 is 17.9 Å². The molecule has 456 valence electrons. The highest BCUT2D eigenvalue weighted by Crippen LogP contribution is 2.18. The van der Waals surface area contributed by atoms with Gasteiger partial charge in [0.25, 0.3) is 0 Å². The molecule has 78 heavy (non-hydrogen) atoms. The van der Waals surface area contributed by atoms with Crippen LogP contribution in [0.25, 0.3) is 0 Å². The van der Waals surface area contributed by atoms with Crippen LogP contribution in [0.3, 0.4) is 0 Å². The van der Waals surface area contributed by atoms with Crippen LogP contribution in [0.15, 0.2) is 48.6 Å². The summed E-state index contributed by atoms with van der Waals surface area (Å²) < 4.78 is 17.0. The number of carbonyl (C=O) groups is 3. The largest absolute Gasteiger partial charge is 0.462 e. The molecule has 0 rings (SSSR count). The molecule has 1 atom stereocenters. The fourth-order valence-corrected chi connectivity index (χ4v) is 10.3.